The summed E-state index contributed by atoms with van der Waals surface area (Å²) in [5.41, 5.74) is 4.15. The van der Waals surface area contributed by atoms with Crippen LogP contribution in [-0.2, 0) is 17.9 Å². The second-order valence-corrected chi connectivity index (χ2v) is 7.43. The summed E-state index contributed by atoms with van der Waals surface area (Å²) < 4.78 is 13.2. The lowest BCUT2D eigenvalue weighted by Gasteiger charge is -2.11. The van der Waals surface area contributed by atoms with Crippen molar-refractivity contribution < 1.29 is 14.3 Å². The molecule has 1 N–H and O–H groups in total. The molecule has 162 valence electrons. The average molecular weight is 420 g/mol. The van der Waals surface area contributed by atoms with E-state index in [0.29, 0.717) is 13.2 Å². The first-order valence-electron chi connectivity index (χ1n) is 10.3. The molecule has 6 nitrogen and oxygen atoms in total. The Balaban J connectivity index is 1.51. The average Bonchev–Trinajstić information content (AvgIpc) is 3.20. The second-order valence-electron chi connectivity index (χ2n) is 7.43. The lowest BCUT2D eigenvalue weighted by Crippen LogP contribution is -2.23. The van der Waals surface area contributed by atoms with Crippen LogP contribution in [0.1, 0.15) is 28.7 Å². The Morgan fingerprint density at radius 3 is 2.65 bits per heavy atom. The third kappa shape index (κ3) is 7.03. The SMILES string of the molecule is COc1ccc(/C=C/C(=O)NCCCn2cc(C)cn2)cc1COc1ccc(C)cc1. The van der Waals surface area contributed by atoms with Crippen LogP contribution in [0.5, 0.6) is 11.5 Å². The first-order chi connectivity index (χ1) is 15.0. The Hall–Kier alpha value is -3.54. The maximum absolute atomic E-state index is 12.1. The number of aryl methyl sites for hydroxylation is 3. The van der Waals surface area contributed by atoms with E-state index < -0.39 is 0 Å². The maximum Gasteiger partial charge on any atom is 0.244 e. The Bertz CT molecular complexity index is 1020. The molecule has 0 fully saturated rings. The van der Waals surface area contributed by atoms with Crippen LogP contribution in [0.2, 0.25) is 0 Å². The lowest BCUT2D eigenvalue weighted by molar-refractivity contribution is -0.116. The van der Waals surface area contributed by atoms with Gasteiger partial charge in [0.05, 0.1) is 13.3 Å². The van der Waals surface area contributed by atoms with Crippen molar-refractivity contribution in [3.05, 3.63) is 83.2 Å². The highest BCUT2D eigenvalue weighted by molar-refractivity contribution is 5.91. The number of hydrogen-bond donors (Lipinski definition) is 1. The van der Waals surface area contributed by atoms with Crippen LogP contribution in [-0.4, -0.2) is 29.3 Å². The summed E-state index contributed by atoms with van der Waals surface area (Å²) in [4.78, 5) is 12.1. The smallest absolute Gasteiger partial charge is 0.244 e. The van der Waals surface area contributed by atoms with Gasteiger partial charge in [-0.25, -0.2) is 0 Å². The zero-order valence-corrected chi connectivity index (χ0v) is 18.3. The fraction of sp³-hybridized carbons (Fsp3) is 0.280. The van der Waals surface area contributed by atoms with Crippen molar-refractivity contribution in [1.82, 2.24) is 15.1 Å². The van der Waals surface area contributed by atoms with Gasteiger partial charge in [0.2, 0.25) is 5.91 Å². The van der Waals surface area contributed by atoms with Crippen molar-refractivity contribution >= 4 is 12.0 Å². The summed E-state index contributed by atoms with van der Waals surface area (Å²) in [6.45, 7) is 5.81. The predicted octanol–water partition coefficient (Wildman–Crippen LogP) is 4.31. The van der Waals surface area contributed by atoms with E-state index in [1.54, 1.807) is 19.3 Å². The third-order valence-corrected chi connectivity index (χ3v) is 4.77. The number of nitrogens with one attached hydrogen (secondary N) is 1. The summed E-state index contributed by atoms with van der Waals surface area (Å²) in [7, 11) is 1.64. The molecule has 1 aromatic heterocycles. The Labute approximate surface area is 183 Å². The molecule has 1 amide bonds. The number of amides is 1. The minimum absolute atomic E-state index is 0.120. The van der Waals surface area contributed by atoms with Crippen molar-refractivity contribution in [3.8, 4) is 11.5 Å². The van der Waals surface area contributed by atoms with Gasteiger partial charge in [-0.2, -0.15) is 5.10 Å². The van der Waals surface area contributed by atoms with Gasteiger partial charge in [0.25, 0.3) is 0 Å². The number of carbonyl (C=O) groups excluding carboxylic acids is 1. The molecule has 3 aromatic rings. The number of rotatable bonds is 10. The van der Waals surface area contributed by atoms with Crippen LogP contribution in [0.4, 0.5) is 0 Å². The van der Waals surface area contributed by atoms with Crippen LogP contribution < -0.4 is 14.8 Å². The Kier molecular flexibility index (Phi) is 7.87. The quantitative estimate of drug-likeness (QED) is 0.393. The summed E-state index contributed by atoms with van der Waals surface area (Å²) in [6, 6.07) is 13.7. The largest absolute Gasteiger partial charge is 0.496 e. The number of methoxy groups -OCH3 is 1. The van der Waals surface area contributed by atoms with Crippen molar-refractivity contribution in [2.24, 2.45) is 0 Å². The summed E-state index contributed by atoms with van der Waals surface area (Å²) >= 11 is 0. The van der Waals surface area contributed by atoms with Gasteiger partial charge in [-0.15, -0.1) is 0 Å². The molecule has 3 rings (SSSR count). The van der Waals surface area contributed by atoms with Crippen molar-refractivity contribution in [1.29, 1.82) is 0 Å². The van der Waals surface area contributed by atoms with Gasteiger partial charge in [-0.3, -0.25) is 9.48 Å². The molecule has 6 heteroatoms. The van der Waals surface area contributed by atoms with E-state index in [0.717, 1.165) is 41.2 Å². The molecule has 1 heterocycles. The van der Waals surface area contributed by atoms with Gasteiger partial charge in [-0.1, -0.05) is 23.8 Å². The second kappa shape index (κ2) is 11.0. The number of aromatic nitrogens is 2. The van der Waals surface area contributed by atoms with Crippen LogP contribution in [0.25, 0.3) is 6.08 Å². The van der Waals surface area contributed by atoms with E-state index in [9.17, 15) is 4.79 Å². The van der Waals surface area contributed by atoms with Gasteiger partial charge in [-0.05, 0) is 61.7 Å². The zero-order chi connectivity index (χ0) is 22.1. The van der Waals surface area contributed by atoms with E-state index in [1.807, 2.05) is 73.4 Å². The summed E-state index contributed by atoms with van der Waals surface area (Å²) in [5.74, 6) is 1.44. The molecule has 0 spiro atoms. The van der Waals surface area contributed by atoms with Crippen LogP contribution in [0.15, 0.2) is 60.9 Å². The molecule has 0 aliphatic carbocycles. The first kappa shape index (κ1) is 22.2. The van der Waals surface area contributed by atoms with E-state index in [1.165, 1.54) is 5.56 Å². The van der Waals surface area contributed by atoms with Gasteiger partial charge in [0.1, 0.15) is 18.1 Å². The topological polar surface area (TPSA) is 65.4 Å². The van der Waals surface area contributed by atoms with E-state index >= 15 is 0 Å². The van der Waals surface area contributed by atoms with Gasteiger partial charge >= 0.3 is 0 Å². The number of hydrogen-bond acceptors (Lipinski definition) is 4. The van der Waals surface area contributed by atoms with Crippen molar-refractivity contribution in [2.45, 2.75) is 33.4 Å². The standard InChI is InChI=1S/C25H29N3O3/c1-19-5-9-23(10-6-19)31-18-22-15-21(7-11-24(22)30-3)8-12-25(29)26-13-4-14-28-17-20(2)16-27-28/h5-12,15-17H,4,13-14,18H2,1-3H3,(H,26,29)/b12-8+. The fourth-order valence-electron chi connectivity index (χ4n) is 3.08. The van der Waals surface area contributed by atoms with Crippen molar-refractivity contribution in [3.63, 3.8) is 0 Å². The molecule has 0 aliphatic heterocycles. The van der Waals surface area contributed by atoms with Gasteiger partial charge in [0, 0.05) is 30.9 Å². The number of ether oxygens (including phenoxy) is 2. The highest BCUT2D eigenvalue weighted by atomic mass is 16.5. The highest BCUT2D eigenvalue weighted by Gasteiger charge is 2.06. The number of carbonyl (C=O) groups is 1. The summed E-state index contributed by atoms with van der Waals surface area (Å²) in [5, 5.41) is 7.14. The number of nitrogens with zero attached hydrogens (tertiary/aromatic N) is 2. The fourth-order valence-corrected chi connectivity index (χ4v) is 3.08. The molecule has 0 aliphatic rings. The summed E-state index contributed by atoms with van der Waals surface area (Å²) in [6.07, 6.45) is 7.98. The molecule has 0 saturated carbocycles. The Morgan fingerprint density at radius 1 is 1.13 bits per heavy atom. The number of benzene rings is 2. The lowest BCUT2D eigenvalue weighted by atomic mass is 10.1. The first-order valence-corrected chi connectivity index (χ1v) is 10.3. The molecule has 0 saturated heterocycles. The third-order valence-electron chi connectivity index (χ3n) is 4.77. The van der Waals surface area contributed by atoms with Crippen LogP contribution >= 0.6 is 0 Å². The molecule has 0 radical (unpaired) electrons. The molecular weight excluding hydrogens is 390 g/mol. The van der Waals surface area contributed by atoms with Gasteiger partial charge < -0.3 is 14.8 Å². The van der Waals surface area contributed by atoms with E-state index in [-0.39, 0.29) is 5.91 Å². The van der Waals surface area contributed by atoms with Crippen LogP contribution in [0, 0.1) is 13.8 Å². The van der Waals surface area contributed by atoms with E-state index in [2.05, 4.69) is 10.4 Å². The highest BCUT2D eigenvalue weighted by Crippen LogP contribution is 2.23. The predicted molar refractivity (Wildman–Crippen MR) is 122 cm³/mol. The minimum Gasteiger partial charge on any atom is -0.496 e. The van der Waals surface area contributed by atoms with Gasteiger partial charge in [0.15, 0.2) is 0 Å². The normalized spacial score (nSPS) is 10.9. The van der Waals surface area contributed by atoms with Crippen LogP contribution in [0.3, 0.4) is 0 Å². The molecule has 2 aromatic carbocycles. The molecule has 0 atom stereocenters. The minimum atomic E-state index is -0.120. The van der Waals surface area contributed by atoms with Crippen molar-refractivity contribution in [2.75, 3.05) is 13.7 Å². The Morgan fingerprint density at radius 2 is 1.94 bits per heavy atom. The molecule has 0 bridgehead atoms. The maximum atomic E-state index is 12.1. The molecule has 0 unspecified atom stereocenters. The van der Waals surface area contributed by atoms with E-state index in [4.69, 9.17) is 9.47 Å². The molecular formula is C25H29N3O3. The monoisotopic (exact) mass is 419 g/mol. The molecule has 31 heavy (non-hydrogen) atoms. The zero-order valence-electron chi connectivity index (χ0n) is 18.3.